The Morgan fingerprint density at radius 2 is 1.73 bits per heavy atom. The standard InChI is InChI=1S/C26H41BN2O4/c1-16-15-31-11-10-21(16)28-18-13-19(14-18)29-22-12-17(8-9-20(22)24(2,3)23(29)30)27-32-25(4,5)26(6,7)33-27/h12,16,18-19,21,28H,8-11,13-15H2,1-7H3/t16-,18?,19?,21-/m1/s1. The summed E-state index contributed by atoms with van der Waals surface area (Å²) in [5, 5.41) is 3.85. The van der Waals surface area contributed by atoms with Gasteiger partial charge in [-0.3, -0.25) is 4.79 Å². The summed E-state index contributed by atoms with van der Waals surface area (Å²) in [6.45, 7) is 16.5. The topological polar surface area (TPSA) is 60.0 Å². The van der Waals surface area contributed by atoms with Crippen molar-refractivity contribution in [1.82, 2.24) is 10.2 Å². The van der Waals surface area contributed by atoms with Crippen molar-refractivity contribution in [3.8, 4) is 0 Å². The van der Waals surface area contributed by atoms with Gasteiger partial charge in [-0.25, -0.2) is 0 Å². The lowest BCUT2D eigenvalue weighted by Gasteiger charge is -2.45. The van der Waals surface area contributed by atoms with Crippen LogP contribution in [0.5, 0.6) is 0 Å². The zero-order valence-electron chi connectivity index (χ0n) is 21.5. The molecule has 3 fully saturated rings. The van der Waals surface area contributed by atoms with Crippen LogP contribution in [0.3, 0.4) is 0 Å². The first-order valence-corrected chi connectivity index (χ1v) is 12.9. The number of carbonyl (C=O) groups excluding carboxylic acids is 1. The zero-order chi connectivity index (χ0) is 23.8. The first kappa shape index (κ1) is 23.6. The quantitative estimate of drug-likeness (QED) is 0.648. The maximum atomic E-state index is 13.6. The fourth-order valence-electron chi connectivity index (χ4n) is 6.03. The number of rotatable bonds is 4. The van der Waals surface area contributed by atoms with Crippen molar-refractivity contribution in [2.45, 2.75) is 110 Å². The van der Waals surface area contributed by atoms with Gasteiger partial charge in [-0.1, -0.05) is 6.92 Å². The highest BCUT2D eigenvalue weighted by molar-refractivity contribution is 6.54. The molecule has 0 bridgehead atoms. The van der Waals surface area contributed by atoms with Gasteiger partial charge in [0.05, 0.1) is 23.2 Å². The smallest absolute Gasteiger partial charge is 0.400 e. The molecule has 0 aromatic heterocycles. The normalized spacial score (nSPS) is 37.2. The first-order chi connectivity index (χ1) is 15.4. The minimum Gasteiger partial charge on any atom is -0.400 e. The summed E-state index contributed by atoms with van der Waals surface area (Å²) in [6, 6.07) is 1.27. The Kier molecular flexibility index (Phi) is 5.68. The van der Waals surface area contributed by atoms with E-state index in [1.165, 1.54) is 5.57 Å². The van der Waals surface area contributed by atoms with Gasteiger partial charge in [-0.15, -0.1) is 0 Å². The maximum absolute atomic E-state index is 13.6. The van der Waals surface area contributed by atoms with E-state index < -0.39 is 5.41 Å². The van der Waals surface area contributed by atoms with Gasteiger partial charge < -0.3 is 24.3 Å². The summed E-state index contributed by atoms with van der Waals surface area (Å²) < 4.78 is 18.3. The maximum Gasteiger partial charge on any atom is 0.490 e. The molecule has 5 rings (SSSR count). The summed E-state index contributed by atoms with van der Waals surface area (Å²) in [4.78, 5) is 15.7. The van der Waals surface area contributed by atoms with Gasteiger partial charge in [0.25, 0.3) is 0 Å². The third-order valence-corrected chi connectivity index (χ3v) is 9.19. The Morgan fingerprint density at radius 1 is 1.06 bits per heavy atom. The van der Waals surface area contributed by atoms with E-state index >= 15 is 0 Å². The Bertz CT molecular complexity index is 871. The van der Waals surface area contributed by atoms with Crippen molar-refractivity contribution >= 4 is 13.0 Å². The third kappa shape index (κ3) is 3.83. The Morgan fingerprint density at radius 3 is 2.36 bits per heavy atom. The van der Waals surface area contributed by atoms with Crippen molar-refractivity contribution in [1.29, 1.82) is 0 Å². The molecular weight excluding hydrogens is 415 g/mol. The number of hydrogen-bond donors (Lipinski definition) is 1. The van der Waals surface area contributed by atoms with E-state index in [1.54, 1.807) is 0 Å². The molecule has 2 saturated heterocycles. The number of amides is 1. The monoisotopic (exact) mass is 456 g/mol. The van der Waals surface area contributed by atoms with E-state index in [0.717, 1.165) is 56.5 Å². The van der Waals surface area contributed by atoms with Crippen molar-refractivity contribution in [2.75, 3.05) is 13.2 Å². The van der Waals surface area contributed by atoms with Crippen LogP contribution >= 0.6 is 0 Å². The third-order valence-electron chi connectivity index (χ3n) is 9.19. The van der Waals surface area contributed by atoms with Crippen LogP contribution in [0.15, 0.2) is 22.8 Å². The van der Waals surface area contributed by atoms with Gasteiger partial charge in [0.15, 0.2) is 0 Å². The number of nitrogens with one attached hydrogen (secondary N) is 1. The van der Waals surface area contributed by atoms with Crippen LogP contribution in [0, 0.1) is 11.3 Å². The minimum atomic E-state index is -0.430. The summed E-state index contributed by atoms with van der Waals surface area (Å²) in [5.74, 6) is 0.796. The summed E-state index contributed by atoms with van der Waals surface area (Å²) >= 11 is 0. The minimum absolute atomic E-state index is 0.252. The van der Waals surface area contributed by atoms with Gasteiger partial charge in [-0.05, 0) is 96.7 Å². The van der Waals surface area contributed by atoms with Crippen molar-refractivity contribution in [3.05, 3.63) is 22.8 Å². The van der Waals surface area contributed by atoms with E-state index in [1.807, 2.05) is 0 Å². The molecule has 0 radical (unpaired) electrons. The predicted molar refractivity (Wildman–Crippen MR) is 129 cm³/mol. The van der Waals surface area contributed by atoms with E-state index in [0.29, 0.717) is 18.0 Å². The largest absolute Gasteiger partial charge is 0.490 e. The number of nitrogens with zero attached hydrogens (tertiary/aromatic N) is 1. The van der Waals surface area contributed by atoms with Crippen LogP contribution in [-0.4, -0.2) is 60.5 Å². The fraction of sp³-hybridized carbons (Fsp3) is 0.808. The number of carbonyl (C=O) groups is 1. The average Bonchev–Trinajstić information content (AvgIpc) is 3.05. The molecular formula is C26H41BN2O4. The Hall–Kier alpha value is -1.15. The summed E-state index contributed by atoms with van der Waals surface area (Å²) in [5.41, 5.74) is 2.41. The lowest BCUT2D eigenvalue weighted by atomic mass is 9.70. The van der Waals surface area contributed by atoms with Gasteiger partial charge in [-0.2, -0.15) is 0 Å². The molecule has 6 nitrogen and oxygen atoms in total. The van der Waals surface area contributed by atoms with Gasteiger partial charge in [0.1, 0.15) is 0 Å². The molecule has 182 valence electrons. The Balaban J connectivity index is 1.32. The zero-order valence-corrected chi connectivity index (χ0v) is 21.5. The molecule has 2 aliphatic carbocycles. The second-order valence-corrected chi connectivity index (χ2v) is 12.4. The van der Waals surface area contributed by atoms with Gasteiger partial charge in [0.2, 0.25) is 5.91 Å². The molecule has 3 heterocycles. The molecule has 0 aromatic carbocycles. The van der Waals surface area contributed by atoms with Crippen molar-refractivity contribution < 1.29 is 18.8 Å². The molecule has 2 atom stereocenters. The second-order valence-electron chi connectivity index (χ2n) is 12.4. The van der Waals surface area contributed by atoms with Crippen molar-refractivity contribution in [3.63, 3.8) is 0 Å². The second kappa shape index (κ2) is 7.94. The lowest BCUT2D eigenvalue weighted by Crippen LogP contribution is -2.57. The molecule has 1 saturated carbocycles. The van der Waals surface area contributed by atoms with Crippen LogP contribution in [0.1, 0.15) is 80.6 Å². The molecule has 5 aliphatic rings. The van der Waals surface area contributed by atoms with E-state index in [2.05, 4.69) is 64.8 Å². The highest BCUT2D eigenvalue weighted by Gasteiger charge is 2.55. The molecule has 1 amide bonds. The molecule has 0 spiro atoms. The lowest BCUT2D eigenvalue weighted by molar-refractivity contribution is -0.137. The van der Waals surface area contributed by atoms with E-state index in [-0.39, 0.29) is 30.3 Å². The Labute approximate surface area is 199 Å². The fourth-order valence-corrected chi connectivity index (χ4v) is 6.03. The highest BCUT2D eigenvalue weighted by Crippen LogP contribution is 2.50. The molecule has 7 heteroatoms. The van der Waals surface area contributed by atoms with Crippen LogP contribution < -0.4 is 5.32 Å². The number of ether oxygens (including phenoxy) is 1. The number of hydrogen-bond acceptors (Lipinski definition) is 5. The van der Waals surface area contributed by atoms with E-state index in [4.69, 9.17) is 14.0 Å². The van der Waals surface area contributed by atoms with Crippen molar-refractivity contribution in [2.24, 2.45) is 11.3 Å². The number of allylic oxidation sites excluding steroid dienone is 2. The highest BCUT2D eigenvalue weighted by atomic mass is 16.7. The summed E-state index contributed by atoms with van der Waals surface area (Å²) in [7, 11) is -0.337. The molecule has 3 aliphatic heterocycles. The van der Waals surface area contributed by atoms with Crippen LogP contribution in [-0.2, 0) is 18.8 Å². The average molecular weight is 456 g/mol. The molecule has 33 heavy (non-hydrogen) atoms. The SMILES string of the molecule is C[C@@H]1COCC[C@H]1NC1CC(N2C(=O)C(C)(C)C3=C2C=C(B2OC(C)(C)C(C)(C)O2)CC3)C1. The molecule has 0 unspecified atom stereocenters. The first-order valence-electron chi connectivity index (χ1n) is 12.9. The molecule has 1 N–H and O–H groups in total. The van der Waals surface area contributed by atoms with E-state index in [9.17, 15) is 4.79 Å². The van der Waals surface area contributed by atoms with Gasteiger partial charge >= 0.3 is 7.12 Å². The predicted octanol–water partition coefficient (Wildman–Crippen LogP) is 4.01. The summed E-state index contributed by atoms with van der Waals surface area (Å²) in [6.07, 6.45) is 7.11. The van der Waals surface area contributed by atoms with Crippen LogP contribution in [0.2, 0.25) is 0 Å². The van der Waals surface area contributed by atoms with Gasteiger partial charge in [0, 0.05) is 30.4 Å². The molecule has 0 aromatic rings. The van der Waals surface area contributed by atoms with Crippen LogP contribution in [0.25, 0.3) is 0 Å². The van der Waals surface area contributed by atoms with Crippen LogP contribution in [0.4, 0.5) is 0 Å².